The lowest BCUT2D eigenvalue weighted by Gasteiger charge is -2.31. The van der Waals surface area contributed by atoms with E-state index in [1.165, 1.54) is 11.3 Å². The molecule has 1 heterocycles. The maximum Gasteiger partial charge on any atom is 0.254 e. The second kappa shape index (κ2) is 6.68. The maximum absolute atomic E-state index is 12.4. The smallest absolute Gasteiger partial charge is 0.254 e. The third kappa shape index (κ3) is 4.37. The van der Waals surface area contributed by atoms with Gasteiger partial charge in [-0.3, -0.25) is 4.79 Å². The van der Waals surface area contributed by atoms with Crippen LogP contribution in [-0.4, -0.2) is 30.4 Å². The molecule has 0 unspecified atom stereocenters. The van der Waals surface area contributed by atoms with Crippen LogP contribution in [-0.2, 0) is 0 Å². The number of hydrogen-bond acceptors (Lipinski definition) is 3. The van der Waals surface area contributed by atoms with Gasteiger partial charge in [0.15, 0.2) is 0 Å². The highest BCUT2D eigenvalue weighted by Crippen LogP contribution is 2.23. The average Bonchev–Trinajstić information content (AvgIpc) is 2.74. The van der Waals surface area contributed by atoms with E-state index in [1.807, 2.05) is 16.3 Å². The van der Waals surface area contributed by atoms with E-state index in [2.05, 4.69) is 36.7 Å². The van der Waals surface area contributed by atoms with Crippen LogP contribution < -0.4 is 5.73 Å². The number of halogens is 1. The molecule has 0 fully saturated rings. The van der Waals surface area contributed by atoms with E-state index >= 15 is 0 Å². The van der Waals surface area contributed by atoms with E-state index in [0.717, 1.165) is 22.3 Å². The number of carbonyl (C=O) groups is 1. The molecule has 102 valence electrons. The zero-order valence-corrected chi connectivity index (χ0v) is 13.6. The second-order valence-electron chi connectivity index (χ2n) is 5.23. The third-order valence-corrected chi connectivity index (χ3v) is 4.27. The minimum atomic E-state index is -0.0436. The van der Waals surface area contributed by atoms with Gasteiger partial charge in [0.05, 0.1) is 9.35 Å². The molecule has 3 nitrogen and oxygen atoms in total. The fourth-order valence-electron chi connectivity index (χ4n) is 1.71. The highest BCUT2D eigenvalue weighted by atomic mass is 79.9. The summed E-state index contributed by atoms with van der Waals surface area (Å²) in [5.74, 6) is 0.0975. The van der Waals surface area contributed by atoms with Crippen LogP contribution in [0.25, 0.3) is 0 Å². The molecule has 0 aliphatic heterocycles. The summed E-state index contributed by atoms with van der Waals surface area (Å²) < 4.78 is 0.986. The van der Waals surface area contributed by atoms with Crippen LogP contribution in [0.4, 0.5) is 0 Å². The molecule has 0 aliphatic rings. The van der Waals surface area contributed by atoms with Gasteiger partial charge < -0.3 is 10.6 Å². The Hall–Kier alpha value is -0.390. The summed E-state index contributed by atoms with van der Waals surface area (Å²) in [5, 5.41) is 1.89. The summed E-state index contributed by atoms with van der Waals surface area (Å²) in [6.45, 7) is 8.31. The predicted octanol–water partition coefficient (Wildman–Crippen LogP) is 3.35. The van der Waals surface area contributed by atoms with Gasteiger partial charge in [0.25, 0.3) is 5.91 Å². The number of hydrogen-bond donors (Lipinski definition) is 1. The minimum absolute atomic E-state index is 0.0436. The molecule has 2 N–H and O–H groups in total. The number of thiophene rings is 1. The highest BCUT2D eigenvalue weighted by molar-refractivity contribution is 9.11. The number of amides is 1. The van der Waals surface area contributed by atoms with E-state index in [4.69, 9.17) is 5.73 Å². The summed E-state index contributed by atoms with van der Waals surface area (Å²) in [4.78, 5) is 14.3. The standard InChI is InChI=1S/C13H21BrN2OS/c1-4-5-16(9-13(2,3)8-15)12(17)10-6-11(14)18-7-10/h6-7H,4-5,8-9,15H2,1-3H3. The molecule has 1 rings (SSSR count). The van der Waals surface area contributed by atoms with Crippen molar-refractivity contribution in [2.75, 3.05) is 19.6 Å². The first-order valence-electron chi connectivity index (χ1n) is 6.13. The van der Waals surface area contributed by atoms with Crippen LogP contribution in [0.15, 0.2) is 15.2 Å². The molecule has 1 aromatic heterocycles. The van der Waals surface area contributed by atoms with Crippen molar-refractivity contribution in [1.82, 2.24) is 4.90 Å². The Labute approximate surface area is 121 Å². The van der Waals surface area contributed by atoms with Crippen LogP contribution in [0.2, 0.25) is 0 Å². The molecule has 0 atom stereocenters. The Morgan fingerprint density at radius 3 is 2.67 bits per heavy atom. The maximum atomic E-state index is 12.4. The third-order valence-electron chi connectivity index (χ3n) is 2.77. The highest BCUT2D eigenvalue weighted by Gasteiger charge is 2.24. The van der Waals surface area contributed by atoms with Gasteiger partial charge in [-0.05, 0) is 40.4 Å². The van der Waals surface area contributed by atoms with Crippen LogP contribution >= 0.6 is 27.3 Å². The fourth-order valence-corrected chi connectivity index (χ4v) is 2.84. The van der Waals surface area contributed by atoms with Gasteiger partial charge in [-0.25, -0.2) is 0 Å². The van der Waals surface area contributed by atoms with Crippen molar-refractivity contribution in [2.45, 2.75) is 27.2 Å². The normalized spacial score (nSPS) is 11.6. The summed E-state index contributed by atoms with van der Waals surface area (Å²) in [6.07, 6.45) is 0.956. The Balaban J connectivity index is 2.81. The Bertz CT molecular complexity index is 403. The van der Waals surface area contributed by atoms with Crippen molar-refractivity contribution >= 4 is 33.2 Å². The van der Waals surface area contributed by atoms with Crippen LogP contribution in [0.3, 0.4) is 0 Å². The van der Waals surface area contributed by atoms with Crippen molar-refractivity contribution in [3.63, 3.8) is 0 Å². The first-order valence-corrected chi connectivity index (χ1v) is 7.80. The minimum Gasteiger partial charge on any atom is -0.338 e. The zero-order chi connectivity index (χ0) is 13.8. The first kappa shape index (κ1) is 15.7. The zero-order valence-electron chi connectivity index (χ0n) is 11.2. The van der Waals surface area contributed by atoms with E-state index in [9.17, 15) is 4.79 Å². The van der Waals surface area contributed by atoms with E-state index in [1.54, 1.807) is 0 Å². The Kier molecular flexibility index (Phi) is 5.82. The van der Waals surface area contributed by atoms with Gasteiger partial charge >= 0.3 is 0 Å². The summed E-state index contributed by atoms with van der Waals surface area (Å²) in [5.41, 5.74) is 6.46. The quantitative estimate of drug-likeness (QED) is 0.868. The molecule has 1 amide bonds. The summed E-state index contributed by atoms with van der Waals surface area (Å²) >= 11 is 4.93. The number of nitrogens with two attached hydrogens (primary N) is 1. The predicted molar refractivity (Wildman–Crippen MR) is 81.0 cm³/mol. The molecule has 18 heavy (non-hydrogen) atoms. The van der Waals surface area contributed by atoms with Crippen molar-refractivity contribution < 1.29 is 4.79 Å². The SMILES string of the molecule is CCCN(CC(C)(C)CN)C(=O)c1csc(Br)c1. The largest absolute Gasteiger partial charge is 0.338 e. The average molecular weight is 333 g/mol. The van der Waals surface area contributed by atoms with Crippen LogP contribution in [0, 0.1) is 5.41 Å². The van der Waals surface area contributed by atoms with Crippen molar-refractivity contribution in [3.05, 3.63) is 20.8 Å². The molecule has 0 spiro atoms. The summed E-state index contributed by atoms with van der Waals surface area (Å²) in [7, 11) is 0. The lowest BCUT2D eigenvalue weighted by molar-refractivity contribution is 0.0690. The van der Waals surface area contributed by atoms with E-state index < -0.39 is 0 Å². The van der Waals surface area contributed by atoms with Crippen LogP contribution in [0.5, 0.6) is 0 Å². The molecule has 0 radical (unpaired) electrons. The molecule has 0 aliphatic carbocycles. The van der Waals surface area contributed by atoms with Gasteiger partial charge in [-0.1, -0.05) is 20.8 Å². The molecule has 0 aromatic carbocycles. The van der Waals surface area contributed by atoms with Gasteiger partial charge in [-0.2, -0.15) is 0 Å². The van der Waals surface area contributed by atoms with Gasteiger partial charge in [0, 0.05) is 18.5 Å². The molecule has 0 bridgehead atoms. The van der Waals surface area contributed by atoms with Gasteiger partial charge in [0.1, 0.15) is 0 Å². The first-order chi connectivity index (χ1) is 8.39. The molecule has 5 heteroatoms. The van der Waals surface area contributed by atoms with Crippen molar-refractivity contribution in [2.24, 2.45) is 11.1 Å². The van der Waals surface area contributed by atoms with Gasteiger partial charge in [0.2, 0.25) is 0 Å². The lowest BCUT2D eigenvalue weighted by atomic mass is 9.93. The topological polar surface area (TPSA) is 46.3 Å². The summed E-state index contributed by atoms with van der Waals surface area (Å²) in [6, 6.07) is 1.88. The molecule has 0 saturated heterocycles. The monoisotopic (exact) mass is 332 g/mol. The molecule has 1 aromatic rings. The fraction of sp³-hybridized carbons (Fsp3) is 0.615. The van der Waals surface area contributed by atoms with Gasteiger partial charge in [-0.15, -0.1) is 11.3 Å². The Morgan fingerprint density at radius 1 is 1.56 bits per heavy atom. The molecular formula is C13H21BrN2OS. The lowest BCUT2D eigenvalue weighted by Crippen LogP contribution is -2.42. The molecular weight excluding hydrogens is 312 g/mol. The molecule has 0 saturated carbocycles. The number of rotatable bonds is 6. The van der Waals surface area contributed by atoms with E-state index in [0.29, 0.717) is 13.1 Å². The van der Waals surface area contributed by atoms with E-state index in [-0.39, 0.29) is 11.3 Å². The number of carbonyl (C=O) groups excluding carboxylic acids is 1. The Morgan fingerprint density at radius 2 is 2.22 bits per heavy atom. The number of nitrogens with zero attached hydrogens (tertiary/aromatic N) is 1. The second-order valence-corrected chi connectivity index (χ2v) is 7.53. The van der Waals surface area contributed by atoms with Crippen molar-refractivity contribution in [3.8, 4) is 0 Å². The van der Waals surface area contributed by atoms with Crippen LogP contribution in [0.1, 0.15) is 37.6 Å². The van der Waals surface area contributed by atoms with Crippen molar-refractivity contribution in [1.29, 1.82) is 0 Å².